The van der Waals surface area contributed by atoms with Crippen LogP contribution in [0.5, 0.6) is 0 Å². The van der Waals surface area contributed by atoms with Gasteiger partial charge in [0.1, 0.15) is 0 Å². The van der Waals surface area contributed by atoms with Crippen molar-refractivity contribution in [2.75, 3.05) is 0 Å². The van der Waals surface area contributed by atoms with Crippen LogP contribution in [0.15, 0.2) is 42.6 Å². The average Bonchev–Trinajstić information content (AvgIpc) is 2.46. The number of nitro benzene ring substituents is 1. The average molecular weight is 271 g/mol. The van der Waals surface area contributed by atoms with E-state index in [4.69, 9.17) is 0 Å². The van der Waals surface area contributed by atoms with Crippen LogP contribution in [0.4, 0.5) is 5.69 Å². The Hall–Kier alpha value is -2.76. The number of nitro groups is 1. The van der Waals surface area contributed by atoms with Crippen molar-refractivity contribution in [2.24, 2.45) is 0 Å². The lowest BCUT2D eigenvalue weighted by Gasteiger charge is -2.05. The number of carbonyl (C=O) groups is 1. The minimum absolute atomic E-state index is 0.0377. The predicted molar refractivity (Wildman–Crippen MR) is 73.2 cm³/mol. The first-order chi connectivity index (χ1) is 9.56. The fourth-order valence-corrected chi connectivity index (χ4v) is 1.62. The molecule has 0 aliphatic carbocycles. The van der Waals surface area contributed by atoms with Crippen molar-refractivity contribution in [2.45, 2.75) is 13.5 Å². The molecule has 1 N–H and O–H groups in total. The van der Waals surface area contributed by atoms with Gasteiger partial charge < -0.3 is 5.32 Å². The van der Waals surface area contributed by atoms with Gasteiger partial charge >= 0.3 is 0 Å². The number of nitrogens with one attached hydrogen (secondary N) is 1. The number of aromatic nitrogens is 1. The van der Waals surface area contributed by atoms with E-state index in [0.717, 1.165) is 11.3 Å². The quantitative estimate of drug-likeness (QED) is 0.682. The first-order valence-electron chi connectivity index (χ1n) is 6.00. The van der Waals surface area contributed by atoms with Gasteiger partial charge in [0.05, 0.1) is 4.92 Å². The molecule has 0 bridgehead atoms. The van der Waals surface area contributed by atoms with E-state index < -0.39 is 4.92 Å². The minimum Gasteiger partial charge on any atom is -0.348 e. The van der Waals surface area contributed by atoms with Crippen LogP contribution < -0.4 is 5.32 Å². The van der Waals surface area contributed by atoms with Crippen molar-refractivity contribution in [3.8, 4) is 0 Å². The van der Waals surface area contributed by atoms with Crippen LogP contribution in [0, 0.1) is 17.0 Å². The number of carbonyl (C=O) groups excluding carboxylic acids is 1. The maximum atomic E-state index is 11.9. The zero-order valence-corrected chi connectivity index (χ0v) is 10.9. The molecule has 0 saturated heterocycles. The SMILES string of the molecule is Cc1ccc(CNC(=O)c2ccc([N+](=O)[O-])cc2)cn1. The first kappa shape index (κ1) is 13.7. The molecule has 102 valence electrons. The van der Waals surface area contributed by atoms with Crippen LogP contribution in [0.25, 0.3) is 0 Å². The van der Waals surface area contributed by atoms with Gasteiger partial charge in [-0.05, 0) is 30.7 Å². The summed E-state index contributed by atoms with van der Waals surface area (Å²) < 4.78 is 0. The Labute approximate surface area is 115 Å². The van der Waals surface area contributed by atoms with E-state index in [2.05, 4.69) is 10.3 Å². The highest BCUT2D eigenvalue weighted by atomic mass is 16.6. The summed E-state index contributed by atoms with van der Waals surface area (Å²) in [6, 6.07) is 9.23. The second-order valence-electron chi connectivity index (χ2n) is 4.29. The summed E-state index contributed by atoms with van der Waals surface area (Å²) in [5.41, 5.74) is 2.15. The molecular formula is C14H13N3O3. The maximum Gasteiger partial charge on any atom is 0.269 e. The number of rotatable bonds is 4. The van der Waals surface area contributed by atoms with Crippen LogP contribution >= 0.6 is 0 Å². The van der Waals surface area contributed by atoms with Gasteiger partial charge in [-0.25, -0.2) is 0 Å². The molecule has 1 aromatic carbocycles. The number of aryl methyl sites for hydroxylation is 1. The Morgan fingerprint density at radius 2 is 1.95 bits per heavy atom. The summed E-state index contributed by atoms with van der Waals surface area (Å²) in [6.07, 6.45) is 1.70. The molecule has 2 rings (SSSR count). The molecule has 2 aromatic rings. The maximum absolute atomic E-state index is 11.9. The standard InChI is InChI=1S/C14H13N3O3/c1-10-2-3-11(8-15-10)9-16-14(18)12-4-6-13(7-5-12)17(19)20/h2-8H,9H2,1H3,(H,16,18). The van der Waals surface area contributed by atoms with Gasteiger partial charge in [0.25, 0.3) is 11.6 Å². The minimum atomic E-state index is -0.500. The molecule has 6 heteroatoms. The van der Waals surface area contributed by atoms with Crippen molar-refractivity contribution in [1.29, 1.82) is 0 Å². The summed E-state index contributed by atoms with van der Waals surface area (Å²) in [5, 5.41) is 13.3. The monoisotopic (exact) mass is 271 g/mol. The van der Waals surface area contributed by atoms with Gasteiger partial charge in [-0.1, -0.05) is 6.07 Å². The van der Waals surface area contributed by atoms with Crippen LogP contribution in [0.3, 0.4) is 0 Å². The van der Waals surface area contributed by atoms with Crippen LogP contribution in [-0.4, -0.2) is 15.8 Å². The molecule has 1 heterocycles. The number of hydrogen-bond acceptors (Lipinski definition) is 4. The Balaban J connectivity index is 1.97. The highest BCUT2D eigenvalue weighted by Crippen LogP contribution is 2.11. The fraction of sp³-hybridized carbons (Fsp3) is 0.143. The largest absolute Gasteiger partial charge is 0.348 e. The van der Waals surface area contributed by atoms with Gasteiger partial charge in [-0.3, -0.25) is 19.9 Å². The zero-order valence-electron chi connectivity index (χ0n) is 10.9. The molecule has 1 amide bonds. The molecule has 20 heavy (non-hydrogen) atoms. The third-order valence-electron chi connectivity index (χ3n) is 2.77. The van der Waals surface area contributed by atoms with E-state index in [1.54, 1.807) is 6.20 Å². The predicted octanol–water partition coefficient (Wildman–Crippen LogP) is 2.23. The van der Waals surface area contributed by atoms with Crippen molar-refractivity contribution in [1.82, 2.24) is 10.3 Å². The third-order valence-corrected chi connectivity index (χ3v) is 2.77. The number of hydrogen-bond donors (Lipinski definition) is 1. The van der Waals surface area contributed by atoms with E-state index in [1.165, 1.54) is 24.3 Å². The lowest BCUT2D eigenvalue weighted by Crippen LogP contribution is -2.22. The molecule has 1 aromatic heterocycles. The number of amides is 1. The summed E-state index contributed by atoms with van der Waals surface area (Å²) in [7, 11) is 0. The summed E-state index contributed by atoms with van der Waals surface area (Å²) >= 11 is 0. The number of nitrogens with zero attached hydrogens (tertiary/aromatic N) is 2. The van der Waals surface area contributed by atoms with Crippen LogP contribution in [-0.2, 0) is 6.54 Å². The second kappa shape index (κ2) is 5.92. The summed E-state index contributed by atoms with van der Waals surface area (Å²) in [4.78, 5) is 26.0. The van der Waals surface area contributed by atoms with Crippen molar-refractivity contribution < 1.29 is 9.72 Å². The Bertz CT molecular complexity index is 621. The fourth-order valence-electron chi connectivity index (χ4n) is 1.62. The Kier molecular flexibility index (Phi) is 4.05. The molecule has 0 radical (unpaired) electrons. The van der Waals surface area contributed by atoms with E-state index >= 15 is 0 Å². The van der Waals surface area contributed by atoms with E-state index in [-0.39, 0.29) is 11.6 Å². The van der Waals surface area contributed by atoms with Gasteiger partial charge in [0.15, 0.2) is 0 Å². The number of non-ortho nitro benzene ring substituents is 1. The Morgan fingerprint density at radius 3 is 2.50 bits per heavy atom. The molecule has 0 atom stereocenters. The van der Waals surface area contributed by atoms with Gasteiger partial charge in [0.2, 0.25) is 0 Å². The molecule has 0 unspecified atom stereocenters. The summed E-state index contributed by atoms with van der Waals surface area (Å²) in [6.45, 7) is 2.25. The lowest BCUT2D eigenvalue weighted by atomic mass is 10.2. The van der Waals surface area contributed by atoms with Crippen LogP contribution in [0.2, 0.25) is 0 Å². The number of pyridine rings is 1. The molecule has 6 nitrogen and oxygen atoms in total. The highest BCUT2D eigenvalue weighted by Gasteiger charge is 2.09. The van der Waals surface area contributed by atoms with Crippen LogP contribution in [0.1, 0.15) is 21.6 Å². The lowest BCUT2D eigenvalue weighted by molar-refractivity contribution is -0.384. The molecule has 0 aliphatic heterocycles. The van der Waals surface area contributed by atoms with E-state index in [1.807, 2.05) is 19.1 Å². The number of benzene rings is 1. The first-order valence-corrected chi connectivity index (χ1v) is 6.00. The topological polar surface area (TPSA) is 85.1 Å². The second-order valence-corrected chi connectivity index (χ2v) is 4.29. The van der Waals surface area contributed by atoms with Crippen molar-refractivity contribution in [3.05, 3.63) is 69.5 Å². The van der Waals surface area contributed by atoms with Crippen molar-refractivity contribution in [3.63, 3.8) is 0 Å². The van der Waals surface area contributed by atoms with E-state index in [9.17, 15) is 14.9 Å². The van der Waals surface area contributed by atoms with Crippen molar-refractivity contribution >= 4 is 11.6 Å². The smallest absolute Gasteiger partial charge is 0.269 e. The normalized spacial score (nSPS) is 10.1. The molecular weight excluding hydrogens is 258 g/mol. The molecule has 0 fully saturated rings. The highest BCUT2D eigenvalue weighted by molar-refractivity contribution is 5.94. The van der Waals surface area contributed by atoms with E-state index in [0.29, 0.717) is 12.1 Å². The van der Waals surface area contributed by atoms with Gasteiger partial charge in [-0.15, -0.1) is 0 Å². The zero-order chi connectivity index (χ0) is 14.5. The van der Waals surface area contributed by atoms with Gasteiger partial charge in [0, 0.05) is 36.1 Å². The Morgan fingerprint density at radius 1 is 1.25 bits per heavy atom. The molecule has 0 saturated carbocycles. The summed E-state index contributed by atoms with van der Waals surface area (Å²) in [5.74, 6) is -0.277. The molecule has 0 aliphatic rings. The third kappa shape index (κ3) is 3.38. The molecule has 0 spiro atoms. The van der Waals surface area contributed by atoms with Gasteiger partial charge in [-0.2, -0.15) is 0 Å².